The van der Waals surface area contributed by atoms with E-state index in [-0.39, 0.29) is 11.8 Å². The van der Waals surface area contributed by atoms with Crippen LogP contribution in [0.15, 0.2) is 24.3 Å². The third-order valence-electron chi connectivity index (χ3n) is 4.38. The van der Waals surface area contributed by atoms with Crippen molar-refractivity contribution in [2.24, 2.45) is 5.92 Å². The smallest absolute Gasteiger partial charge is 0.319 e. The number of ketones is 1. The fourth-order valence-electron chi connectivity index (χ4n) is 2.93. The van der Waals surface area contributed by atoms with Gasteiger partial charge in [-0.3, -0.25) is 4.79 Å². The number of nitrogens with one attached hydrogen (secondary N) is 2. The number of hydrogen-bond acceptors (Lipinski definition) is 3. The molecule has 1 aromatic rings. The number of benzene rings is 1. The molecule has 0 aromatic heterocycles. The Morgan fingerprint density at radius 3 is 2.57 bits per heavy atom. The molecule has 1 atom stereocenters. The van der Waals surface area contributed by atoms with Crippen LogP contribution < -0.4 is 10.6 Å². The molecule has 0 saturated carbocycles. The summed E-state index contributed by atoms with van der Waals surface area (Å²) in [5.41, 5.74) is 1.34. The third kappa shape index (κ3) is 5.36. The number of carbonyl (C=O) groups is 2. The Morgan fingerprint density at radius 1 is 1.26 bits per heavy atom. The van der Waals surface area contributed by atoms with Crippen LogP contribution in [0, 0.1) is 5.92 Å². The van der Waals surface area contributed by atoms with Crippen LogP contribution in [-0.2, 0) is 0 Å². The van der Waals surface area contributed by atoms with Gasteiger partial charge in [-0.05, 0) is 70.3 Å². The summed E-state index contributed by atoms with van der Waals surface area (Å²) in [5.74, 6) is 0.532. The van der Waals surface area contributed by atoms with Crippen molar-refractivity contribution in [1.82, 2.24) is 10.2 Å². The molecule has 5 nitrogen and oxygen atoms in total. The van der Waals surface area contributed by atoms with E-state index >= 15 is 0 Å². The molecule has 1 aliphatic heterocycles. The zero-order chi connectivity index (χ0) is 16.8. The van der Waals surface area contributed by atoms with Crippen molar-refractivity contribution in [3.05, 3.63) is 29.8 Å². The van der Waals surface area contributed by atoms with Crippen LogP contribution in [0.3, 0.4) is 0 Å². The van der Waals surface area contributed by atoms with Gasteiger partial charge in [-0.2, -0.15) is 0 Å². The van der Waals surface area contributed by atoms with Crippen LogP contribution in [0.1, 0.15) is 44.0 Å². The van der Waals surface area contributed by atoms with Crippen molar-refractivity contribution in [2.75, 3.05) is 25.0 Å². The molecule has 1 aromatic carbocycles. The molecule has 2 N–H and O–H groups in total. The quantitative estimate of drug-likeness (QED) is 0.820. The van der Waals surface area contributed by atoms with E-state index in [1.807, 2.05) is 0 Å². The molecule has 126 valence electrons. The number of Topliss-reactive ketones (excluding diaryl/α,β-unsaturated/α-hetero) is 1. The summed E-state index contributed by atoms with van der Waals surface area (Å²) in [5, 5.41) is 5.76. The number of amides is 2. The minimum absolute atomic E-state index is 0.0213. The van der Waals surface area contributed by atoms with E-state index in [1.54, 1.807) is 24.3 Å². The lowest BCUT2D eigenvalue weighted by Gasteiger charge is -2.35. The average molecular weight is 317 g/mol. The van der Waals surface area contributed by atoms with Crippen molar-refractivity contribution in [1.29, 1.82) is 0 Å². The molecule has 23 heavy (non-hydrogen) atoms. The van der Waals surface area contributed by atoms with E-state index in [9.17, 15) is 9.59 Å². The second kappa shape index (κ2) is 8.11. The first-order valence-electron chi connectivity index (χ1n) is 8.35. The number of carbonyl (C=O) groups excluding carboxylic acids is 2. The molecule has 0 radical (unpaired) electrons. The van der Waals surface area contributed by atoms with Gasteiger partial charge < -0.3 is 15.5 Å². The van der Waals surface area contributed by atoms with Gasteiger partial charge in [0.15, 0.2) is 5.78 Å². The average Bonchev–Trinajstić information content (AvgIpc) is 2.53. The number of rotatable bonds is 5. The molecule has 2 amide bonds. The molecule has 0 aliphatic carbocycles. The Balaban J connectivity index is 1.77. The van der Waals surface area contributed by atoms with Gasteiger partial charge in [0.05, 0.1) is 0 Å². The summed E-state index contributed by atoms with van der Waals surface area (Å²) >= 11 is 0. The minimum Gasteiger partial charge on any atom is -0.338 e. The zero-order valence-electron chi connectivity index (χ0n) is 14.3. The predicted molar refractivity (Wildman–Crippen MR) is 92.9 cm³/mol. The van der Waals surface area contributed by atoms with Gasteiger partial charge in [0.1, 0.15) is 0 Å². The van der Waals surface area contributed by atoms with E-state index in [1.165, 1.54) is 13.3 Å². The number of likely N-dealkylation sites (tertiary alicyclic amines) is 1. The molecule has 0 spiro atoms. The molecule has 1 fully saturated rings. The maximum Gasteiger partial charge on any atom is 0.319 e. The summed E-state index contributed by atoms with van der Waals surface area (Å²) in [6.45, 7) is 8.86. The highest BCUT2D eigenvalue weighted by Gasteiger charge is 2.21. The highest BCUT2D eigenvalue weighted by molar-refractivity contribution is 5.95. The number of anilines is 1. The largest absolute Gasteiger partial charge is 0.338 e. The fraction of sp³-hybridized carbons (Fsp3) is 0.556. The van der Waals surface area contributed by atoms with Crippen molar-refractivity contribution >= 4 is 17.5 Å². The van der Waals surface area contributed by atoms with Gasteiger partial charge in [0.2, 0.25) is 0 Å². The molecule has 1 aliphatic rings. The summed E-state index contributed by atoms with van der Waals surface area (Å²) in [7, 11) is 0. The summed E-state index contributed by atoms with van der Waals surface area (Å²) in [4.78, 5) is 25.7. The molecular formula is C18H27N3O2. The molecule has 2 rings (SSSR count). The first-order valence-corrected chi connectivity index (χ1v) is 8.35. The van der Waals surface area contributed by atoms with E-state index in [0.29, 0.717) is 29.8 Å². The maximum atomic E-state index is 12.0. The summed E-state index contributed by atoms with van der Waals surface area (Å²) < 4.78 is 0. The van der Waals surface area contributed by atoms with E-state index in [2.05, 4.69) is 29.4 Å². The normalized spacial score (nSPS) is 18.7. The first-order chi connectivity index (χ1) is 11.0. The van der Waals surface area contributed by atoms with Crippen LogP contribution in [0.5, 0.6) is 0 Å². The lowest BCUT2D eigenvalue weighted by Crippen LogP contribution is -2.44. The van der Waals surface area contributed by atoms with Gasteiger partial charge in [-0.15, -0.1) is 0 Å². The molecule has 1 heterocycles. The van der Waals surface area contributed by atoms with Crippen molar-refractivity contribution in [3.8, 4) is 0 Å². The Bertz CT molecular complexity index is 540. The van der Waals surface area contributed by atoms with Crippen molar-refractivity contribution in [3.63, 3.8) is 0 Å². The van der Waals surface area contributed by atoms with Gasteiger partial charge >= 0.3 is 6.03 Å². The van der Waals surface area contributed by atoms with Crippen molar-refractivity contribution < 1.29 is 9.59 Å². The van der Waals surface area contributed by atoms with Crippen LogP contribution in [0.25, 0.3) is 0 Å². The first kappa shape index (κ1) is 17.5. The maximum absolute atomic E-state index is 12.0. The second-order valence-electron chi connectivity index (χ2n) is 6.57. The standard InChI is InChI=1S/C18H27N3O2/c1-13(2)21-10-4-5-15(12-21)11-19-18(23)20-17-8-6-16(7-9-17)14(3)22/h6-9,13,15H,4-5,10-12H2,1-3H3,(H2,19,20,23)/t15-/m0/s1. The second-order valence-corrected chi connectivity index (χ2v) is 6.57. The van der Waals surface area contributed by atoms with E-state index in [4.69, 9.17) is 0 Å². The lowest BCUT2D eigenvalue weighted by atomic mass is 9.97. The fourth-order valence-corrected chi connectivity index (χ4v) is 2.93. The van der Waals surface area contributed by atoms with Gasteiger partial charge in [-0.1, -0.05) is 0 Å². The number of piperidine rings is 1. The predicted octanol–water partition coefficient (Wildman–Crippen LogP) is 3.13. The molecular weight excluding hydrogens is 290 g/mol. The lowest BCUT2D eigenvalue weighted by molar-refractivity contribution is 0.101. The summed E-state index contributed by atoms with van der Waals surface area (Å²) in [6, 6.07) is 7.31. The Morgan fingerprint density at radius 2 is 1.96 bits per heavy atom. The third-order valence-corrected chi connectivity index (χ3v) is 4.38. The van der Waals surface area contributed by atoms with Crippen molar-refractivity contribution in [2.45, 2.75) is 39.7 Å². The molecule has 0 unspecified atom stereocenters. The van der Waals surface area contributed by atoms with Gasteiger partial charge in [0.25, 0.3) is 0 Å². The van der Waals surface area contributed by atoms with Gasteiger partial charge in [0, 0.05) is 30.4 Å². The molecule has 1 saturated heterocycles. The van der Waals surface area contributed by atoms with Crippen LogP contribution >= 0.6 is 0 Å². The van der Waals surface area contributed by atoms with E-state index < -0.39 is 0 Å². The van der Waals surface area contributed by atoms with Crippen LogP contribution in [0.2, 0.25) is 0 Å². The van der Waals surface area contributed by atoms with Crippen LogP contribution in [0.4, 0.5) is 10.5 Å². The Kier molecular flexibility index (Phi) is 6.16. The number of urea groups is 1. The monoisotopic (exact) mass is 317 g/mol. The highest BCUT2D eigenvalue weighted by Crippen LogP contribution is 2.17. The topological polar surface area (TPSA) is 61.4 Å². The molecule has 5 heteroatoms. The zero-order valence-corrected chi connectivity index (χ0v) is 14.3. The van der Waals surface area contributed by atoms with E-state index in [0.717, 1.165) is 19.5 Å². The Labute approximate surface area is 138 Å². The molecule has 0 bridgehead atoms. The highest BCUT2D eigenvalue weighted by atomic mass is 16.2. The number of nitrogens with zero attached hydrogens (tertiary/aromatic N) is 1. The minimum atomic E-state index is -0.192. The van der Waals surface area contributed by atoms with Crippen LogP contribution in [-0.4, -0.2) is 42.4 Å². The number of hydrogen-bond donors (Lipinski definition) is 2. The Hall–Kier alpha value is -1.88. The van der Waals surface area contributed by atoms with Gasteiger partial charge in [-0.25, -0.2) is 4.79 Å². The summed E-state index contributed by atoms with van der Waals surface area (Å²) in [6.07, 6.45) is 2.36. The SMILES string of the molecule is CC(=O)c1ccc(NC(=O)NC[C@@H]2CCCN(C(C)C)C2)cc1.